The van der Waals surface area contributed by atoms with E-state index >= 15 is 0 Å². The molecule has 0 aromatic heterocycles. The van der Waals surface area contributed by atoms with E-state index in [0.717, 1.165) is 0 Å². The number of ether oxygens (including phenoxy) is 1. The molecule has 1 heterocycles. The smallest absolute Gasteiger partial charge is 0.410 e. The third-order valence-corrected chi connectivity index (χ3v) is 2.35. The molecule has 1 fully saturated rings. The van der Waals surface area contributed by atoms with Crippen LogP contribution in [0.4, 0.5) is 4.79 Å². The molecule has 0 saturated carbocycles. The minimum absolute atomic E-state index is 0.280. The Bertz CT molecular complexity index is 236. The molecule has 0 aromatic carbocycles. The first-order valence-electron chi connectivity index (χ1n) is 5.25. The molecule has 0 atom stereocenters. The minimum Gasteiger partial charge on any atom is -0.444 e. The van der Waals surface area contributed by atoms with Gasteiger partial charge < -0.3 is 21.1 Å². The number of carbonyl (C=O) groups is 1. The lowest BCUT2D eigenvalue weighted by molar-refractivity contribution is 0.0171. The zero-order chi connectivity index (χ0) is 11.7. The standard InChI is InChI=1S/C10H21N3O2/c1-9(2,3)15-8(14)13-6-4-10(11,12)5-7-13/h4-7,11-12H2,1-3H3. The van der Waals surface area contributed by atoms with E-state index in [1.807, 2.05) is 20.8 Å². The highest BCUT2D eigenvalue weighted by Gasteiger charge is 2.31. The fourth-order valence-electron chi connectivity index (χ4n) is 1.43. The van der Waals surface area contributed by atoms with Crippen molar-refractivity contribution < 1.29 is 9.53 Å². The molecule has 0 aliphatic carbocycles. The van der Waals surface area contributed by atoms with Crippen LogP contribution in [0.2, 0.25) is 0 Å². The molecule has 1 rings (SSSR count). The summed E-state index contributed by atoms with van der Waals surface area (Å²) in [4.78, 5) is 13.3. The van der Waals surface area contributed by atoms with Crippen LogP contribution >= 0.6 is 0 Å². The van der Waals surface area contributed by atoms with Crippen LogP contribution in [0.1, 0.15) is 33.6 Å². The van der Waals surface area contributed by atoms with Crippen LogP contribution in [0.3, 0.4) is 0 Å². The van der Waals surface area contributed by atoms with Crippen LogP contribution < -0.4 is 11.5 Å². The van der Waals surface area contributed by atoms with Crippen molar-refractivity contribution >= 4 is 6.09 Å². The van der Waals surface area contributed by atoms with Crippen molar-refractivity contribution in [2.75, 3.05) is 13.1 Å². The van der Waals surface area contributed by atoms with Crippen LogP contribution in [-0.2, 0) is 4.74 Å². The molecule has 1 aliphatic rings. The Morgan fingerprint density at radius 1 is 1.27 bits per heavy atom. The second kappa shape index (κ2) is 3.98. The number of likely N-dealkylation sites (tertiary alicyclic amines) is 1. The summed E-state index contributed by atoms with van der Waals surface area (Å²) in [5, 5.41) is 0. The van der Waals surface area contributed by atoms with Crippen molar-refractivity contribution in [1.82, 2.24) is 4.90 Å². The average Bonchev–Trinajstić information content (AvgIpc) is 2.00. The Labute approximate surface area is 90.7 Å². The summed E-state index contributed by atoms with van der Waals surface area (Å²) < 4.78 is 5.25. The molecule has 0 spiro atoms. The van der Waals surface area contributed by atoms with E-state index in [0.29, 0.717) is 25.9 Å². The zero-order valence-corrected chi connectivity index (χ0v) is 9.75. The lowest BCUT2D eigenvalue weighted by Crippen LogP contribution is -2.58. The van der Waals surface area contributed by atoms with Crippen LogP contribution in [0.15, 0.2) is 0 Å². The van der Waals surface area contributed by atoms with Gasteiger partial charge in [0, 0.05) is 13.1 Å². The molecule has 0 bridgehead atoms. The quantitative estimate of drug-likeness (QED) is 0.581. The maximum absolute atomic E-state index is 11.6. The number of hydrogen-bond acceptors (Lipinski definition) is 4. The second-order valence-electron chi connectivity index (χ2n) is 5.20. The summed E-state index contributed by atoms with van der Waals surface area (Å²) >= 11 is 0. The molecule has 5 nitrogen and oxygen atoms in total. The molecule has 15 heavy (non-hydrogen) atoms. The minimum atomic E-state index is -0.626. The molecular weight excluding hydrogens is 194 g/mol. The second-order valence-corrected chi connectivity index (χ2v) is 5.20. The lowest BCUT2D eigenvalue weighted by Gasteiger charge is -2.37. The maximum atomic E-state index is 11.6. The highest BCUT2D eigenvalue weighted by molar-refractivity contribution is 5.68. The number of nitrogens with two attached hydrogens (primary N) is 2. The average molecular weight is 215 g/mol. The number of carbonyl (C=O) groups excluding carboxylic acids is 1. The van der Waals surface area contributed by atoms with Crippen molar-refractivity contribution in [3.63, 3.8) is 0 Å². The summed E-state index contributed by atoms with van der Waals surface area (Å²) in [6.45, 7) is 6.70. The van der Waals surface area contributed by atoms with Crippen molar-refractivity contribution in [3.05, 3.63) is 0 Å². The number of hydrogen-bond donors (Lipinski definition) is 2. The SMILES string of the molecule is CC(C)(C)OC(=O)N1CCC(N)(N)CC1. The van der Waals surface area contributed by atoms with Crippen molar-refractivity contribution in [2.45, 2.75) is 44.9 Å². The summed E-state index contributed by atoms with van der Waals surface area (Å²) in [6, 6.07) is 0. The third kappa shape index (κ3) is 4.05. The van der Waals surface area contributed by atoms with Crippen LogP contribution in [-0.4, -0.2) is 35.3 Å². The first-order valence-corrected chi connectivity index (χ1v) is 5.25. The largest absolute Gasteiger partial charge is 0.444 e. The summed E-state index contributed by atoms with van der Waals surface area (Å²) in [5.41, 5.74) is 10.5. The Hall–Kier alpha value is -0.810. The summed E-state index contributed by atoms with van der Waals surface area (Å²) in [6.07, 6.45) is 0.955. The molecule has 4 N–H and O–H groups in total. The Kier molecular flexibility index (Phi) is 3.25. The molecule has 5 heteroatoms. The molecule has 1 amide bonds. The number of rotatable bonds is 0. The summed E-state index contributed by atoms with van der Waals surface area (Å²) in [7, 11) is 0. The molecule has 0 radical (unpaired) electrons. The van der Waals surface area contributed by atoms with Gasteiger partial charge in [0.1, 0.15) is 5.60 Å². The highest BCUT2D eigenvalue weighted by atomic mass is 16.6. The monoisotopic (exact) mass is 215 g/mol. The van der Waals surface area contributed by atoms with Crippen LogP contribution in [0.5, 0.6) is 0 Å². The first kappa shape index (κ1) is 12.3. The van der Waals surface area contributed by atoms with Gasteiger partial charge in [0.15, 0.2) is 0 Å². The van der Waals surface area contributed by atoms with E-state index < -0.39 is 11.3 Å². The van der Waals surface area contributed by atoms with Crippen molar-refractivity contribution in [2.24, 2.45) is 11.5 Å². The number of piperidine rings is 1. The van der Waals surface area contributed by atoms with Gasteiger partial charge in [-0.25, -0.2) is 4.79 Å². The van der Waals surface area contributed by atoms with Gasteiger partial charge in [-0.2, -0.15) is 0 Å². The van der Waals surface area contributed by atoms with Crippen LogP contribution in [0, 0.1) is 0 Å². The van der Waals surface area contributed by atoms with Crippen LogP contribution in [0.25, 0.3) is 0 Å². The van der Waals surface area contributed by atoms with Gasteiger partial charge in [0.05, 0.1) is 5.66 Å². The van der Waals surface area contributed by atoms with Gasteiger partial charge in [-0.1, -0.05) is 0 Å². The molecule has 0 unspecified atom stereocenters. The van der Waals surface area contributed by atoms with Crippen molar-refractivity contribution in [1.29, 1.82) is 0 Å². The third-order valence-electron chi connectivity index (χ3n) is 2.35. The van der Waals surface area contributed by atoms with E-state index in [4.69, 9.17) is 16.2 Å². The lowest BCUT2D eigenvalue weighted by atomic mass is 10.00. The van der Waals surface area contributed by atoms with Gasteiger partial charge >= 0.3 is 6.09 Å². The Morgan fingerprint density at radius 2 is 1.73 bits per heavy atom. The predicted octanol–water partition coefficient (Wildman–Crippen LogP) is 0.631. The van der Waals surface area contributed by atoms with Crippen molar-refractivity contribution in [3.8, 4) is 0 Å². The van der Waals surface area contributed by atoms with Gasteiger partial charge in [-0.05, 0) is 33.6 Å². The van der Waals surface area contributed by atoms with E-state index in [-0.39, 0.29) is 6.09 Å². The fraction of sp³-hybridized carbons (Fsp3) is 0.900. The Balaban J connectivity index is 2.44. The van der Waals surface area contributed by atoms with Gasteiger partial charge in [-0.15, -0.1) is 0 Å². The van der Waals surface area contributed by atoms with Gasteiger partial charge in [0.2, 0.25) is 0 Å². The molecule has 1 saturated heterocycles. The number of amides is 1. The van der Waals surface area contributed by atoms with E-state index in [1.165, 1.54) is 0 Å². The maximum Gasteiger partial charge on any atom is 0.410 e. The first-order chi connectivity index (χ1) is 6.70. The fourth-order valence-corrected chi connectivity index (χ4v) is 1.43. The highest BCUT2D eigenvalue weighted by Crippen LogP contribution is 2.17. The predicted molar refractivity (Wildman–Crippen MR) is 58.1 cm³/mol. The van der Waals surface area contributed by atoms with E-state index in [1.54, 1.807) is 4.90 Å². The van der Waals surface area contributed by atoms with Gasteiger partial charge in [-0.3, -0.25) is 0 Å². The molecule has 1 aliphatic heterocycles. The summed E-state index contributed by atoms with van der Waals surface area (Å²) in [5.74, 6) is 0. The van der Waals surface area contributed by atoms with E-state index in [9.17, 15) is 4.79 Å². The Morgan fingerprint density at radius 3 is 2.13 bits per heavy atom. The number of nitrogens with zero attached hydrogens (tertiary/aromatic N) is 1. The van der Waals surface area contributed by atoms with E-state index in [2.05, 4.69) is 0 Å². The molecular formula is C10H21N3O2. The topological polar surface area (TPSA) is 81.6 Å². The zero-order valence-electron chi connectivity index (χ0n) is 9.75. The van der Waals surface area contributed by atoms with Gasteiger partial charge in [0.25, 0.3) is 0 Å². The molecule has 0 aromatic rings. The normalized spacial score (nSPS) is 21.3. The molecule has 88 valence electrons.